The molecule has 1 atom stereocenters. The van der Waals surface area contributed by atoms with E-state index in [1.54, 1.807) is 17.8 Å². The summed E-state index contributed by atoms with van der Waals surface area (Å²) in [5.74, 6) is 1.78. The Morgan fingerprint density at radius 2 is 2.40 bits per heavy atom. The predicted octanol–water partition coefficient (Wildman–Crippen LogP) is 2.70. The van der Waals surface area contributed by atoms with E-state index in [4.69, 9.17) is 0 Å². The lowest BCUT2D eigenvalue weighted by atomic mass is 10.0. The fraction of sp³-hybridized carbons (Fsp3) is 0.429. The van der Waals surface area contributed by atoms with Crippen molar-refractivity contribution in [3.8, 4) is 0 Å². The second-order valence-corrected chi connectivity index (χ2v) is 5.94. The molecule has 0 saturated heterocycles. The number of halogens is 1. The van der Waals surface area contributed by atoms with Gasteiger partial charge in [-0.15, -0.1) is 11.8 Å². The third-order valence-electron chi connectivity index (χ3n) is 3.47. The first-order valence-electron chi connectivity index (χ1n) is 6.83. The molecule has 20 heavy (non-hydrogen) atoms. The Morgan fingerprint density at radius 3 is 3.25 bits per heavy atom. The number of nitrogens with zero attached hydrogens (tertiary/aromatic N) is 2. The number of aromatic amines is 1. The predicted molar refractivity (Wildman–Crippen MR) is 77.2 cm³/mol. The maximum atomic E-state index is 13.8. The zero-order valence-corrected chi connectivity index (χ0v) is 11.9. The van der Waals surface area contributed by atoms with Crippen LogP contribution in [0, 0.1) is 5.82 Å². The van der Waals surface area contributed by atoms with Gasteiger partial charge in [-0.25, -0.2) is 9.37 Å². The van der Waals surface area contributed by atoms with Gasteiger partial charge in [0.05, 0.1) is 0 Å². The van der Waals surface area contributed by atoms with E-state index in [0.29, 0.717) is 0 Å². The quantitative estimate of drug-likeness (QED) is 0.832. The van der Waals surface area contributed by atoms with Crippen LogP contribution in [0.2, 0.25) is 0 Å². The molecule has 1 aliphatic rings. The molecule has 2 heterocycles. The summed E-state index contributed by atoms with van der Waals surface area (Å²) in [7, 11) is 0. The molecule has 4 nitrogen and oxygen atoms in total. The molecular formula is C14H17FN4S. The molecule has 1 aliphatic heterocycles. The number of benzene rings is 1. The van der Waals surface area contributed by atoms with Crippen molar-refractivity contribution in [1.82, 2.24) is 20.5 Å². The SMILES string of the molecule is Fc1cccc2c1SCCC2NCCCc1ncn[nH]1. The Hall–Kier alpha value is -1.40. The zero-order chi connectivity index (χ0) is 13.8. The van der Waals surface area contributed by atoms with Crippen LogP contribution in [0.15, 0.2) is 29.4 Å². The molecule has 2 aromatic rings. The summed E-state index contributed by atoms with van der Waals surface area (Å²) in [4.78, 5) is 4.91. The van der Waals surface area contributed by atoms with E-state index in [1.165, 1.54) is 12.4 Å². The lowest BCUT2D eigenvalue weighted by Gasteiger charge is -2.26. The first kappa shape index (κ1) is 13.6. The van der Waals surface area contributed by atoms with Gasteiger partial charge in [-0.3, -0.25) is 5.10 Å². The van der Waals surface area contributed by atoms with Gasteiger partial charge in [-0.1, -0.05) is 12.1 Å². The Morgan fingerprint density at radius 1 is 1.45 bits per heavy atom. The fourth-order valence-corrected chi connectivity index (χ4v) is 3.62. The Labute approximate surface area is 121 Å². The van der Waals surface area contributed by atoms with E-state index in [9.17, 15) is 4.39 Å². The van der Waals surface area contributed by atoms with Crippen LogP contribution in [-0.4, -0.2) is 27.5 Å². The minimum absolute atomic E-state index is 0.0966. The van der Waals surface area contributed by atoms with Gasteiger partial charge in [0.2, 0.25) is 0 Å². The van der Waals surface area contributed by atoms with E-state index in [-0.39, 0.29) is 11.9 Å². The minimum atomic E-state index is -0.0966. The largest absolute Gasteiger partial charge is 0.310 e. The maximum absolute atomic E-state index is 13.8. The normalized spacial score (nSPS) is 17.9. The van der Waals surface area contributed by atoms with Crippen LogP contribution in [0.5, 0.6) is 0 Å². The fourth-order valence-electron chi connectivity index (χ4n) is 2.48. The van der Waals surface area contributed by atoms with Crippen molar-refractivity contribution in [2.24, 2.45) is 0 Å². The van der Waals surface area contributed by atoms with Crippen LogP contribution in [0.25, 0.3) is 0 Å². The molecule has 0 spiro atoms. The number of H-pyrrole nitrogens is 1. The first-order chi connectivity index (χ1) is 9.84. The van der Waals surface area contributed by atoms with Gasteiger partial charge in [-0.05, 0) is 36.8 Å². The Balaban J connectivity index is 1.55. The highest BCUT2D eigenvalue weighted by Gasteiger charge is 2.22. The van der Waals surface area contributed by atoms with Gasteiger partial charge in [0.1, 0.15) is 18.0 Å². The molecule has 1 aromatic carbocycles. The van der Waals surface area contributed by atoms with Gasteiger partial charge in [0.15, 0.2) is 0 Å². The molecule has 0 radical (unpaired) electrons. The number of thioether (sulfide) groups is 1. The average Bonchev–Trinajstić information content (AvgIpc) is 2.98. The van der Waals surface area contributed by atoms with E-state index in [2.05, 4.69) is 20.5 Å². The van der Waals surface area contributed by atoms with E-state index < -0.39 is 0 Å². The molecule has 3 rings (SSSR count). The number of nitrogens with one attached hydrogen (secondary N) is 2. The molecule has 0 fully saturated rings. The summed E-state index contributed by atoms with van der Waals surface area (Å²) in [6, 6.07) is 5.62. The summed E-state index contributed by atoms with van der Waals surface area (Å²) < 4.78 is 13.8. The van der Waals surface area contributed by atoms with Gasteiger partial charge in [0, 0.05) is 17.4 Å². The monoisotopic (exact) mass is 292 g/mol. The average molecular weight is 292 g/mol. The molecule has 0 amide bonds. The van der Waals surface area contributed by atoms with Gasteiger partial charge in [0.25, 0.3) is 0 Å². The Kier molecular flexibility index (Phi) is 4.32. The summed E-state index contributed by atoms with van der Waals surface area (Å²) >= 11 is 1.62. The van der Waals surface area contributed by atoms with E-state index in [1.807, 2.05) is 6.07 Å². The summed E-state index contributed by atoms with van der Waals surface area (Å²) in [5, 5.41) is 10.2. The minimum Gasteiger partial charge on any atom is -0.310 e. The smallest absolute Gasteiger partial charge is 0.137 e. The van der Waals surface area contributed by atoms with E-state index >= 15 is 0 Å². The van der Waals surface area contributed by atoms with Crippen molar-refractivity contribution in [3.05, 3.63) is 41.7 Å². The summed E-state index contributed by atoms with van der Waals surface area (Å²) in [6.07, 6.45) is 4.44. The van der Waals surface area contributed by atoms with Gasteiger partial charge in [-0.2, -0.15) is 5.10 Å². The van der Waals surface area contributed by atoms with Gasteiger partial charge >= 0.3 is 0 Å². The topological polar surface area (TPSA) is 53.6 Å². The number of hydrogen-bond acceptors (Lipinski definition) is 4. The lowest BCUT2D eigenvalue weighted by molar-refractivity contribution is 0.489. The van der Waals surface area contributed by atoms with Crippen LogP contribution in [-0.2, 0) is 6.42 Å². The molecule has 1 aromatic heterocycles. The maximum Gasteiger partial charge on any atom is 0.137 e. The number of rotatable bonds is 5. The molecule has 2 N–H and O–H groups in total. The number of aromatic nitrogens is 3. The van der Waals surface area contributed by atoms with Crippen molar-refractivity contribution < 1.29 is 4.39 Å². The second kappa shape index (κ2) is 6.37. The van der Waals surface area contributed by atoms with Crippen molar-refractivity contribution in [1.29, 1.82) is 0 Å². The van der Waals surface area contributed by atoms with E-state index in [0.717, 1.165) is 47.8 Å². The van der Waals surface area contributed by atoms with Crippen molar-refractivity contribution >= 4 is 11.8 Å². The molecule has 106 valence electrons. The van der Waals surface area contributed by atoms with Gasteiger partial charge < -0.3 is 5.32 Å². The van der Waals surface area contributed by atoms with Crippen LogP contribution >= 0.6 is 11.8 Å². The highest BCUT2D eigenvalue weighted by molar-refractivity contribution is 7.99. The third kappa shape index (κ3) is 3.02. The van der Waals surface area contributed by atoms with Crippen molar-refractivity contribution in [3.63, 3.8) is 0 Å². The number of aryl methyl sites for hydroxylation is 1. The third-order valence-corrected chi connectivity index (χ3v) is 4.63. The van der Waals surface area contributed by atoms with Crippen LogP contribution in [0.3, 0.4) is 0 Å². The molecule has 0 saturated carbocycles. The second-order valence-electron chi connectivity index (χ2n) is 4.84. The molecule has 6 heteroatoms. The lowest BCUT2D eigenvalue weighted by Crippen LogP contribution is -2.26. The first-order valence-corrected chi connectivity index (χ1v) is 7.82. The molecular weight excluding hydrogens is 275 g/mol. The van der Waals surface area contributed by atoms with Crippen LogP contribution < -0.4 is 5.32 Å². The van der Waals surface area contributed by atoms with Crippen molar-refractivity contribution in [2.75, 3.05) is 12.3 Å². The van der Waals surface area contributed by atoms with Crippen molar-refractivity contribution in [2.45, 2.75) is 30.2 Å². The molecule has 1 unspecified atom stereocenters. The highest BCUT2D eigenvalue weighted by Crippen LogP contribution is 2.37. The Bertz CT molecular complexity index is 558. The zero-order valence-electron chi connectivity index (χ0n) is 11.1. The highest BCUT2D eigenvalue weighted by atomic mass is 32.2. The summed E-state index contributed by atoms with van der Waals surface area (Å²) in [5.41, 5.74) is 1.10. The molecule has 0 bridgehead atoms. The number of hydrogen-bond donors (Lipinski definition) is 2. The number of fused-ring (bicyclic) bond motifs is 1. The van der Waals surface area contributed by atoms with Crippen LogP contribution in [0.1, 0.15) is 30.3 Å². The van der Waals surface area contributed by atoms with Crippen LogP contribution in [0.4, 0.5) is 4.39 Å². The molecule has 0 aliphatic carbocycles. The standard InChI is InChI=1S/C14H17FN4S/c15-11-4-1-3-10-12(6-8-20-14(10)11)16-7-2-5-13-17-9-18-19-13/h1,3-4,9,12,16H,2,5-8H2,(H,17,18,19). The summed E-state index contributed by atoms with van der Waals surface area (Å²) in [6.45, 7) is 0.895.